The molecule has 1 aromatic heterocycles. The summed E-state index contributed by atoms with van der Waals surface area (Å²) in [5.41, 5.74) is 2.68. The standard InChI is InChI=1S/C16H28N6O/c1-21(2)12-4-8-22(9-5-12)10-7-18-16(23)15-13-11-17-6-3-14(13)19-20-15/h12,17H,3-11H2,1-2H3,(H,18,23)(H,19,20). The van der Waals surface area contributed by atoms with Gasteiger partial charge in [0.05, 0.1) is 0 Å². The summed E-state index contributed by atoms with van der Waals surface area (Å²) in [5.74, 6) is -0.0608. The van der Waals surface area contributed by atoms with E-state index >= 15 is 0 Å². The minimum atomic E-state index is -0.0608. The van der Waals surface area contributed by atoms with Crippen LogP contribution in [-0.4, -0.2) is 78.8 Å². The minimum Gasteiger partial charge on any atom is -0.349 e. The van der Waals surface area contributed by atoms with Crippen LogP contribution in [0.25, 0.3) is 0 Å². The number of piperidine rings is 1. The number of carbonyl (C=O) groups is 1. The highest BCUT2D eigenvalue weighted by molar-refractivity contribution is 5.94. The molecule has 0 aliphatic carbocycles. The Balaban J connectivity index is 1.43. The maximum atomic E-state index is 12.3. The van der Waals surface area contributed by atoms with Gasteiger partial charge >= 0.3 is 0 Å². The first kappa shape index (κ1) is 16.4. The molecule has 0 spiro atoms. The van der Waals surface area contributed by atoms with Gasteiger partial charge in [0.15, 0.2) is 5.69 Å². The Labute approximate surface area is 137 Å². The lowest BCUT2D eigenvalue weighted by Gasteiger charge is -2.35. The monoisotopic (exact) mass is 320 g/mol. The van der Waals surface area contributed by atoms with E-state index in [0.717, 1.165) is 50.4 Å². The number of hydrogen-bond donors (Lipinski definition) is 3. The van der Waals surface area contributed by atoms with Gasteiger partial charge in [-0.2, -0.15) is 5.10 Å². The fraction of sp³-hybridized carbons (Fsp3) is 0.750. The normalized spacial score (nSPS) is 19.8. The van der Waals surface area contributed by atoms with Crippen LogP contribution in [0.3, 0.4) is 0 Å². The van der Waals surface area contributed by atoms with Crippen molar-refractivity contribution in [2.24, 2.45) is 0 Å². The van der Waals surface area contributed by atoms with Gasteiger partial charge in [0, 0.05) is 49.9 Å². The molecule has 23 heavy (non-hydrogen) atoms. The largest absolute Gasteiger partial charge is 0.349 e. The van der Waals surface area contributed by atoms with E-state index < -0.39 is 0 Å². The second kappa shape index (κ2) is 7.42. The third-order valence-corrected chi connectivity index (χ3v) is 5.02. The molecule has 0 radical (unpaired) electrons. The van der Waals surface area contributed by atoms with Crippen molar-refractivity contribution in [2.75, 3.05) is 46.8 Å². The number of carbonyl (C=O) groups excluding carboxylic acids is 1. The smallest absolute Gasteiger partial charge is 0.272 e. The lowest BCUT2D eigenvalue weighted by molar-refractivity contribution is 0.0934. The molecule has 1 aromatic rings. The van der Waals surface area contributed by atoms with Crippen molar-refractivity contribution in [2.45, 2.75) is 31.8 Å². The van der Waals surface area contributed by atoms with Crippen molar-refractivity contribution < 1.29 is 4.79 Å². The number of fused-ring (bicyclic) bond motifs is 1. The van der Waals surface area contributed by atoms with Crippen molar-refractivity contribution in [3.8, 4) is 0 Å². The summed E-state index contributed by atoms with van der Waals surface area (Å²) in [6.45, 7) is 5.49. The van der Waals surface area contributed by atoms with Crippen LogP contribution in [0.1, 0.15) is 34.6 Å². The SMILES string of the molecule is CN(C)C1CCN(CCNC(=O)c2n[nH]c3c2CNCC3)CC1. The van der Waals surface area contributed by atoms with Gasteiger partial charge in [-0.05, 0) is 40.0 Å². The fourth-order valence-electron chi connectivity index (χ4n) is 3.48. The van der Waals surface area contributed by atoms with Gasteiger partial charge in [-0.25, -0.2) is 0 Å². The van der Waals surface area contributed by atoms with E-state index in [1.54, 1.807) is 0 Å². The second-order valence-corrected chi connectivity index (χ2v) is 6.75. The Hall–Kier alpha value is -1.44. The predicted molar refractivity (Wildman–Crippen MR) is 89.5 cm³/mol. The molecule has 1 fully saturated rings. The van der Waals surface area contributed by atoms with E-state index in [-0.39, 0.29) is 5.91 Å². The molecule has 0 unspecified atom stereocenters. The topological polar surface area (TPSA) is 76.3 Å². The number of nitrogens with zero attached hydrogens (tertiary/aromatic N) is 3. The summed E-state index contributed by atoms with van der Waals surface area (Å²) in [5, 5.41) is 13.5. The molecule has 128 valence electrons. The molecule has 1 saturated heterocycles. The van der Waals surface area contributed by atoms with Crippen molar-refractivity contribution in [1.29, 1.82) is 0 Å². The first-order valence-corrected chi connectivity index (χ1v) is 8.59. The summed E-state index contributed by atoms with van der Waals surface area (Å²) in [7, 11) is 4.31. The summed E-state index contributed by atoms with van der Waals surface area (Å²) in [6.07, 6.45) is 3.33. The summed E-state index contributed by atoms with van der Waals surface area (Å²) < 4.78 is 0. The second-order valence-electron chi connectivity index (χ2n) is 6.75. The lowest BCUT2D eigenvalue weighted by atomic mass is 10.0. The van der Waals surface area contributed by atoms with Crippen molar-refractivity contribution in [3.05, 3.63) is 17.0 Å². The highest BCUT2D eigenvalue weighted by atomic mass is 16.1. The lowest BCUT2D eigenvalue weighted by Crippen LogP contribution is -2.44. The third-order valence-electron chi connectivity index (χ3n) is 5.02. The van der Waals surface area contributed by atoms with Crippen LogP contribution in [0, 0.1) is 0 Å². The first-order valence-electron chi connectivity index (χ1n) is 8.59. The summed E-state index contributed by atoms with van der Waals surface area (Å²) in [4.78, 5) is 17.1. The van der Waals surface area contributed by atoms with Crippen molar-refractivity contribution in [1.82, 2.24) is 30.6 Å². The van der Waals surface area contributed by atoms with Crippen LogP contribution in [0.5, 0.6) is 0 Å². The molecule has 2 aliphatic heterocycles. The summed E-state index contributed by atoms with van der Waals surface area (Å²) in [6, 6.07) is 0.698. The molecular formula is C16H28N6O. The predicted octanol–water partition coefficient (Wildman–Crippen LogP) is -0.189. The number of H-pyrrole nitrogens is 1. The molecule has 7 heteroatoms. The zero-order valence-corrected chi connectivity index (χ0v) is 14.2. The molecular weight excluding hydrogens is 292 g/mol. The van der Waals surface area contributed by atoms with Crippen LogP contribution in [0.4, 0.5) is 0 Å². The number of aromatic nitrogens is 2. The maximum Gasteiger partial charge on any atom is 0.272 e. The fourth-order valence-corrected chi connectivity index (χ4v) is 3.48. The zero-order chi connectivity index (χ0) is 16.2. The molecule has 7 nitrogen and oxygen atoms in total. The Morgan fingerprint density at radius 3 is 2.91 bits per heavy atom. The number of amides is 1. The zero-order valence-electron chi connectivity index (χ0n) is 14.2. The van der Waals surface area contributed by atoms with E-state index in [2.05, 4.69) is 44.7 Å². The Kier molecular flexibility index (Phi) is 5.30. The minimum absolute atomic E-state index is 0.0608. The Bertz CT molecular complexity index is 533. The van der Waals surface area contributed by atoms with Crippen LogP contribution in [-0.2, 0) is 13.0 Å². The first-order chi connectivity index (χ1) is 11.1. The van der Waals surface area contributed by atoms with Crippen LogP contribution in [0.15, 0.2) is 0 Å². The maximum absolute atomic E-state index is 12.3. The molecule has 0 atom stereocenters. The third kappa shape index (κ3) is 3.91. The van der Waals surface area contributed by atoms with Crippen LogP contribution >= 0.6 is 0 Å². The summed E-state index contributed by atoms with van der Waals surface area (Å²) >= 11 is 0. The average molecular weight is 320 g/mol. The van der Waals surface area contributed by atoms with Crippen LogP contribution < -0.4 is 10.6 Å². The Morgan fingerprint density at radius 2 is 2.17 bits per heavy atom. The van der Waals surface area contributed by atoms with Gasteiger partial charge < -0.3 is 20.4 Å². The number of hydrogen-bond acceptors (Lipinski definition) is 5. The van der Waals surface area contributed by atoms with E-state index in [4.69, 9.17) is 0 Å². The molecule has 0 saturated carbocycles. The van der Waals surface area contributed by atoms with Gasteiger partial charge in [0.2, 0.25) is 0 Å². The Morgan fingerprint density at radius 1 is 1.39 bits per heavy atom. The van der Waals surface area contributed by atoms with E-state index in [0.29, 0.717) is 18.3 Å². The van der Waals surface area contributed by atoms with E-state index in [1.807, 2.05) is 0 Å². The highest BCUT2D eigenvalue weighted by Crippen LogP contribution is 2.15. The van der Waals surface area contributed by atoms with Gasteiger partial charge in [-0.1, -0.05) is 0 Å². The molecule has 1 amide bonds. The highest BCUT2D eigenvalue weighted by Gasteiger charge is 2.22. The van der Waals surface area contributed by atoms with Gasteiger partial charge in [-0.3, -0.25) is 9.89 Å². The van der Waals surface area contributed by atoms with Crippen molar-refractivity contribution >= 4 is 5.91 Å². The number of rotatable bonds is 5. The number of nitrogens with one attached hydrogen (secondary N) is 3. The molecule has 0 aromatic carbocycles. The number of likely N-dealkylation sites (tertiary alicyclic amines) is 1. The number of aromatic amines is 1. The van der Waals surface area contributed by atoms with E-state index in [1.165, 1.54) is 12.8 Å². The molecule has 0 bridgehead atoms. The quantitative estimate of drug-likeness (QED) is 0.701. The molecule has 3 rings (SSSR count). The van der Waals surface area contributed by atoms with Gasteiger partial charge in [0.25, 0.3) is 5.91 Å². The molecule has 2 aliphatic rings. The molecule has 3 heterocycles. The van der Waals surface area contributed by atoms with E-state index in [9.17, 15) is 4.79 Å². The van der Waals surface area contributed by atoms with Gasteiger partial charge in [-0.15, -0.1) is 0 Å². The van der Waals surface area contributed by atoms with Crippen LogP contribution in [0.2, 0.25) is 0 Å². The molecule has 3 N–H and O–H groups in total. The van der Waals surface area contributed by atoms with Crippen molar-refractivity contribution in [3.63, 3.8) is 0 Å². The average Bonchev–Trinajstić information content (AvgIpc) is 2.99. The van der Waals surface area contributed by atoms with Gasteiger partial charge in [0.1, 0.15) is 0 Å².